The van der Waals surface area contributed by atoms with Crippen molar-refractivity contribution in [1.29, 1.82) is 0 Å². The van der Waals surface area contributed by atoms with Crippen LogP contribution in [0.25, 0.3) is 5.69 Å². The van der Waals surface area contributed by atoms with Crippen LogP contribution >= 0.6 is 0 Å². The maximum Gasteiger partial charge on any atom is 0.276 e. The van der Waals surface area contributed by atoms with Crippen molar-refractivity contribution in [3.05, 3.63) is 41.2 Å². The molecular formula is C25H28N6O5. The molecule has 5 heterocycles. The molecule has 3 saturated heterocycles. The van der Waals surface area contributed by atoms with Crippen molar-refractivity contribution in [3.8, 4) is 5.69 Å². The fourth-order valence-corrected chi connectivity index (χ4v) is 6.03. The largest absolute Gasteiger partial charge is 0.376 e. The molecule has 188 valence electrons. The van der Waals surface area contributed by atoms with Crippen LogP contribution in [0.4, 0.5) is 0 Å². The quantitative estimate of drug-likeness (QED) is 0.633. The van der Waals surface area contributed by atoms with Gasteiger partial charge < -0.3 is 14.5 Å². The van der Waals surface area contributed by atoms with E-state index in [1.54, 1.807) is 18.3 Å². The molecule has 11 nitrogen and oxygen atoms in total. The minimum atomic E-state index is -0.667. The highest BCUT2D eigenvalue weighted by Crippen LogP contribution is 2.43. The second kappa shape index (κ2) is 8.22. The Morgan fingerprint density at radius 2 is 2.03 bits per heavy atom. The van der Waals surface area contributed by atoms with Crippen LogP contribution in [0.3, 0.4) is 0 Å². The van der Waals surface area contributed by atoms with E-state index in [-0.39, 0.29) is 53.9 Å². The summed E-state index contributed by atoms with van der Waals surface area (Å²) < 4.78 is 7.42. The van der Waals surface area contributed by atoms with Gasteiger partial charge in [0.15, 0.2) is 5.69 Å². The lowest BCUT2D eigenvalue weighted by Gasteiger charge is -2.56. The van der Waals surface area contributed by atoms with Gasteiger partial charge in [0, 0.05) is 37.1 Å². The molecule has 0 spiro atoms. The number of nitrogens with zero attached hydrogens (tertiary/aromatic N) is 5. The Bertz CT molecular complexity index is 1280. The van der Waals surface area contributed by atoms with Crippen LogP contribution < -0.4 is 5.32 Å². The van der Waals surface area contributed by atoms with E-state index in [1.807, 2.05) is 11.0 Å². The maximum atomic E-state index is 13.3. The van der Waals surface area contributed by atoms with Crippen LogP contribution in [0, 0.1) is 5.41 Å². The number of benzene rings is 1. The van der Waals surface area contributed by atoms with Gasteiger partial charge >= 0.3 is 0 Å². The molecule has 1 aromatic carbocycles. The van der Waals surface area contributed by atoms with Crippen molar-refractivity contribution in [1.82, 2.24) is 30.1 Å². The van der Waals surface area contributed by atoms with Gasteiger partial charge in [-0.2, -0.15) is 0 Å². The lowest BCUT2D eigenvalue weighted by molar-refractivity contribution is -0.136. The summed E-state index contributed by atoms with van der Waals surface area (Å²) in [6, 6.07) is 4.62. The zero-order valence-corrected chi connectivity index (χ0v) is 20.3. The van der Waals surface area contributed by atoms with Gasteiger partial charge in [0.25, 0.3) is 11.8 Å². The molecule has 3 atom stereocenters. The first kappa shape index (κ1) is 22.8. The first-order chi connectivity index (χ1) is 17.2. The number of imide groups is 1. The molecule has 4 aliphatic heterocycles. The number of amides is 4. The third-order valence-corrected chi connectivity index (χ3v) is 7.78. The van der Waals surface area contributed by atoms with E-state index < -0.39 is 11.9 Å². The Morgan fingerprint density at radius 1 is 1.19 bits per heavy atom. The van der Waals surface area contributed by atoms with E-state index in [1.165, 1.54) is 9.58 Å². The van der Waals surface area contributed by atoms with Gasteiger partial charge in [0.05, 0.1) is 24.0 Å². The fourth-order valence-electron chi connectivity index (χ4n) is 6.03. The second-order valence-electron chi connectivity index (χ2n) is 10.7. The molecule has 6 rings (SSSR count). The SMILES string of the molecule is CC1(C)CN(C(=O)c2cn(-c3ccc4c(c3)CN(C3CCC(=O)NC3=O)C4=O)nn2)C1C1CCCO1. The van der Waals surface area contributed by atoms with Gasteiger partial charge in [-0.25, -0.2) is 4.68 Å². The number of hydrogen-bond donors (Lipinski definition) is 1. The Morgan fingerprint density at radius 3 is 2.75 bits per heavy atom. The second-order valence-corrected chi connectivity index (χ2v) is 10.7. The van der Waals surface area contributed by atoms with Crippen LogP contribution in [0.2, 0.25) is 0 Å². The maximum absolute atomic E-state index is 13.3. The first-order valence-electron chi connectivity index (χ1n) is 12.4. The van der Waals surface area contributed by atoms with Crippen LogP contribution in [0.5, 0.6) is 0 Å². The number of fused-ring (bicyclic) bond motifs is 1. The summed E-state index contributed by atoms with van der Waals surface area (Å²) >= 11 is 0. The van der Waals surface area contributed by atoms with E-state index in [0.717, 1.165) is 25.0 Å². The van der Waals surface area contributed by atoms with Crippen LogP contribution in [0.15, 0.2) is 24.4 Å². The van der Waals surface area contributed by atoms with Gasteiger partial charge in [-0.3, -0.25) is 24.5 Å². The third-order valence-electron chi connectivity index (χ3n) is 7.78. The van der Waals surface area contributed by atoms with Gasteiger partial charge in [-0.15, -0.1) is 5.10 Å². The molecule has 36 heavy (non-hydrogen) atoms. The Kier molecular flexibility index (Phi) is 5.22. The summed E-state index contributed by atoms with van der Waals surface area (Å²) in [7, 11) is 0. The average molecular weight is 493 g/mol. The van der Waals surface area contributed by atoms with Crippen molar-refractivity contribution >= 4 is 23.6 Å². The van der Waals surface area contributed by atoms with Gasteiger partial charge in [0.2, 0.25) is 11.8 Å². The Hall–Kier alpha value is -3.60. The molecular weight excluding hydrogens is 464 g/mol. The number of rotatable bonds is 4. The van der Waals surface area contributed by atoms with E-state index in [4.69, 9.17) is 4.74 Å². The van der Waals surface area contributed by atoms with Crippen molar-refractivity contribution in [2.75, 3.05) is 13.2 Å². The predicted octanol–water partition coefficient (Wildman–Crippen LogP) is 1.06. The first-order valence-corrected chi connectivity index (χ1v) is 12.4. The molecule has 3 fully saturated rings. The van der Waals surface area contributed by atoms with Gasteiger partial charge in [-0.1, -0.05) is 19.1 Å². The van der Waals surface area contributed by atoms with Crippen molar-refractivity contribution < 1.29 is 23.9 Å². The summed E-state index contributed by atoms with van der Waals surface area (Å²) in [6.45, 7) is 5.95. The Balaban J connectivity index is 1.19. The van der Waals surface area contributed by atoms with E-state index in [0.29, 0.717) is 24.2 Å². The molecule has 1 N–H and O–H groups in total. The summed E-state index contributed by atoms with van der Waals surface area (Å²) in [4.78, 5) is 53.3. The molecule has 1 aromatic heterocycles. The summed E-state index contributed by atoms with van der Waals surface area (Å²) in [5, 5.41) is 10.6. The molecule has 11 heteroatoms. The molecule has 0 saturated carbocycles. The Labute approximate surface area is 207 Å². The highest BCUT2D eigenvalue weighted by atomic mass is 16.5. The normalized spacial score (nSPS) is 27.2. The zero-order valence-electron chi connectivity index (χ0n) is 20.3. The minimum absolute atomic E-state index is 0.0123. The molecule has 0 radical (unpaired) electrons. The number of nitrogens with one attached hydrogen (secondary N) is 1. The predicted molar refractivity (Wildman–Crippen MR) is 125 cm³/mol. The van der Waals surface area contributed by atoms with Gasteiger partial charge in [-0.05, 0) is 43.0 Å². The number of aromatic nitrogens is 3. The van der Waals surface area contributed by atoms with Crippen molar-refractivity contribution in [2.24, 2.45) is 5.41 Å². The number of hydrogen-bond acceptors (Lipinski definition) is 7. The molecule has 4 amide bonds. The number of piperidine rings is 1. The molecule has 4 aliphatic rings. The minimum Gasteiger partial charge on any atom is -0.376 e. The highest BCUT2D eigenvalue weighted by molar-refractivity contribution is 6.05. The van der Waals surface area contributed by atoms with E-state index in [2.05, 4.69) is 29.5 Å². The highest BCUT2D eigenvalue weighted by Gasteiger charge is 2.53. The van der Waals surface area contributed by atoms with Crippen molar-refractivity contribution in [2.45, 2.75) is 64.3 Å². The molecule has 3 unspecified atom stereocenters. The molecule has 0 aliphatic carbocycles. The average Bonchev–Trinajstić information content (AvgIpc) is 3.58. The number of carbonyl (C=O) groups excluding carboxylic acids is 4. The van der Waals surface area contributed by atoms with Crippen molar-refractivity contribution in [3.63, 3.8) is 0 Å². The molecule has 0 bridgehead atoms. The fraction of sp³-hybridized carbons (Fsp3) is 0.520. The van der Waals surface area contributed by atoms with Crippen LogP contribution in [0.1, 0.15) is 65.9 Å². The summed E-state index contributed by atoms with van der Waals surface area (Å²) in [5.74, 6) is -1.16. The summed E-state index contributed by atoms with van der Waals surface area (Å²) in [6.07, 6.45) is 4.14. The zero-order chi connectivity index (χ0) is 25.2. The number of carbonyl (C=O) groups is 4. The summed E-state index contributed by atoms with van der Waals surface area (Å²) in [5.41, 5.74) is 2.19. The lowest BCUT2D eigenvalue weighted by Crippen LogP contribution is -2.68. The topological polar surface area (TPSA) is 127 Å². The van der Waals surface area contributed by atoms with E-state index >= 15 is 0 Å². The van der Waals surface area contributed by atoms with Crippen LogP contribution in [-0.2, 0) is 20.9 Å². The van der Waals surface area contributed by atoms with E-state index in [9.17, 15) is 19.2 Å². The smallest absolute Gasteiger partial charge is 0.276 e. The third kappa shape index (κ3) is 3.60. The number of likely N-dealkylation sites (tertiary alicyclic amines) is 1. The molecule has 2 aromatic rings. The van der Waals surface area contributed by atoms with Crippen LogP contribution in [-0.4, -0.2) is 79.8 Å². The standard InChI is InChI=1S/C25H28N6O5/c1-25(2)13-30(21(25)19-4-3-9-36-19)24(35)17-12-31(28-27-17)15-5-6-16-14(10-15)11-29(23(16)34)18-7-8-20(32)26-22(18)33/h5-6,10,12,18-19,21H,3-4,7-9,11,13H2,1-2H3,(H,26,32,33). The lowest BCUT2D eigenvalue weighted by atomic mass is 9.71. The monoisotopic (exact) mass is 492 g/mol. The number of ether oxygens (including phenoxy) is 1. The van der Waals surface area contributed by atoms with Gasteiger partial charge in [0.1, 0.15) is 6.04 Å².